The summed E-state index contributed by atoms with van der Waals surface area (Å²) in [5.41, 5.74) is 0.285. The summed E-state index contributed by atoms with van der Waals surface area (Å²) in [6.07, 6.45) is 3.84. The van der Waals surface area contributed by atoms with Gasteiger partial charge in [-0.15, -0.1) is 0 Å². The van der Waals surface area contributed by atoms with E-state index in [9.17, 15) is 0 Å². The summed E-state index contributed by atoms with van der Waals surface area (Å²) in [6.45, 7) is 6.50. The highest BCUT2D eigenvalue weighted by atomic mass is 32.1. The normalized spacial score (nSPS) is 19.4. The summed E-state index contributed by atoms with van der Waals surface area (Å²) in [6, 6.07) is 0. The van der Waals surface area contributed by atoms with Gasteiger partial charge in [-0.3, -0.25) is 0 Å². The second-order valence-corrected chi connectivity index (χ2v) is 5.40. The number of hydrogen-bond donors (Lipinski definition) is 1. The van der Waals surface area contributed by atoms with Crippen LogP contribution in [0.1, 0.15) is 51.8 Å². The van der Waals surface area contributed by atoms with Crippen LogP contribution in [-0.4, -0.2) is 14.9 Å². The summed E-state index contributed by atoms with van der Waals surface area (Å²) in [5.74, 6) is 1.39. The first-order valence-electron chi connectivity index (χ1n) is 5.21. The molecule has 1 N–H and O–H groups in total. The van der Waals surface area contributed by atoms with Crippen molar-refractivity contribution in [3.8, 4) is 0 Å². The number of anilines is 1. The van der Waals surface area contributed by atoms with E-state index in [1.165, 1.54) is 30.8 Å². The molecule has 1 aromatic heterocycles. The van der Waals surface area contributed by atoms with Crippen molar-refractivity contribution in [2.24, 2.45) is 0 Å². The van der Waals surface area contributed by atoms with Crippen LogP contribution in [0.25, 0.3) is 0 Å². The first kappa shape index (κ1) is 9.90. The molecule has 3 nitrogen and oxygen atoms in total. The second-order valence-electron chi connectivity index (χ2n) is 4.65. The van der Waals surface area contributed by atoms with Crippen LogP contribution in [-0.2, 0) is 0 Å². The Hall–Kier alpha value is -0.640. The standard InChI is InChI=1S/C10H17N3S/c1-7(2)8-11-9(14-13-8)12-10(3)5-4-6-10/h7H,4-6H2,1-3H3,(H,11,12,13). The van der Waals surface area contributed by atoms with Crippen molar-refractivity contribution in [3.05, 3.63) is 5.82 Å². The number of nitrogens with zero attached hydrogens (tertiary/aromatic N) is 2. The van der Waals surface area contributed by atoms with Crippen molar-refractivity contribution in [1.82, 2.24) is 9.36 Å². The van der Waals surface area contributed by atoms with Gasteiger partial charge in [0.25, 0.3) is 0 Å². The van der Waals surface area contributed by atoms with Crippen LogP contribution >= 0.6 is 11.5 Å². The molecular formula is C10H17N3S. The van der Waals surface area contributed by atoms with E-state index in [4.69, 9.17) is 0 Å². The first-order chi connectivity index (χ1) is 6.59. The zero-order valence-corrected chi connectivity index (χ0v) is 9.82. The maximum Gasteiger partial charge on any atom is 0.203 e. The molecule has 1 aliphatic carbocycles. The largest absolute Gasteiger partial charge is 0.355 e. The van der Waals surface area contributed by atoms with Crippen molar-refractivity contribution < 1.29 is 0 Å². The molecular weight excluding hydrogens is 194 g/mol. The van der Waals surface area contributed by atoms with E-state index in [1.807, 2.05) is 0 Å². The first-order valence-corrected chi connectivity index (χ1v) is 5.98. The Balaban J connectivity index is 2.02. The van der Waals surface area contributed by atoms with Gasteiger partial charge < -0.3 is 5.32 Å². The summed E-state index contributed by atoms with van der Waals surface area (Å²) in [5, 5.41) is 4.46. The Morgan fingerprint density at radius 2 is 2.14 bits per heavy atom. The van der Waals surface area contributed by atoms with Gasteiger partial charge in [0.2, 0.25) is 5.13 Å². The van der Waals surface area contributed by atoms with Gasteiger partial charge in [0.1, 0.15) is 5.82 Å². The quantitative estimate of drug-likeness (QED) is 0.835. The van der Waals surface area contributed by atoms with E-state index in [0.717, 1.165) is 11.0 Å². The predicted octanol–water partition coefficient (Wildman–Crippen LogP) is 3.02. The molecule has 0 bridgehead atoms. The maximum absolute atomic E-state index is 4.47. The monoisotopic (exact) mass is 211 g/mol. The zero-order chi connectivity index (χ0) is 10.2. The summed E-state index contributed by atoms with van der Waals surface area (Å²) in [4.78, 5) is 4.47. The van der Waals surface area contributed by atoms with Gasteiger partial charge in [0.05, 0.1) is 0 Å². The number of aromatic nitrogens is 2. The highest BCUT2D eigenvalue weighted by molar-refractivity contribution is 7.09. The summed E-state index contributed by atoms with van der Waals surface area (Å²) < 4.78 is 4.33. The van der Waals surface area contributed by atoms with Crippen LogP contribution < -0.4 is 5.32 Å². The van der Waals surface area contributed by atoms with Crippen molar-refractivity contribution in [2.45, 2.75) is 51.5 Å². The second kappa shape index (κ2) is 3.50. The molecule has 1 saturated carbocycles. The SMILES string of the molecule is CC(C)c1nsc(NC2(C)CCC2)n1. The van der Waals surface area contributed by atoms with Crippen LogP contribution in [0.2, 0.25) is 0 Å². The fraction of sp³-hybridized carbons (Fsp3) is 0.800. The molecule has 0 spiro atoms. The number of rotatable bonds is 3. The van der Waals surface area contributed by atoms with Crippen LogP contribution in [0.5, 0.6) is 0 Å². The predicted molar refractivity (Wildman–Crippen MR) is 59.9 cm³/mol. The summed E-state index contributed by atoms with van der Waals surface area (Å²) >= 11 is 1.48. The molecule has 0 amide bonds. The lowest BCUT2D eigenvalue weighted by Crippen LogP contribution is -2.41. The highest BCUT2D eigenvalue weighted by Crippen LogP contribution is 2.35. The van der Waals surface area contributed by atoms with E-state index in [2.05, 4.69) is 35.4 Å². The molecule has 0 aromatic carbocycles. The van der Waals surface area contributed by atoms with Crippen LogP contribution in [0.3, 0.4) is 0 Å². The molecule has 1 heterocycles. The minimum atomic E-state index is 0.285. The third-order valence-corrected chi connectivity index (χ3v) is 3.47. The van der Waals surface area contributed by atoms with E-state index in [0.29, 0.717) is 5.92 Å². The molecule has 14 heavy (non-hydrogen) atoms. The Bertz CT molecular complexity index is 315. The molecule has 1 aromatic rings. The molecule has 2 rings (SSSR count). The Kier molecular flexibility index (Phi) is 2.47. The van der Waals surface area contributed by atoms with E-state index < -0.39 is 0 Å². The van der Waals surface area contributed by atoms with Crippen LogP contribution in [0.15, 0.2) is 0 Å². The Morgan fingerprint density at radius 1 is 1.43 bits per heavy atom. The average Bonchev–Trinajstić information content (AvgIpc) is 2.50. The third kappa shape index (κ3) is 1.90. The van der Waals surface area contributed by atoms with Crippen molar-refractivity contribution >= 4 is 16.7 Å². The summed E-state index contributed by atoms with van der Waals surface area (Å²) in [7, 11) is 0. The van der Waals surface area contributed by atoms with Gasteiger partial charge >= 0.3 is 0 Å². The lowest BCUT2D eigenvalue weighted by molar-refractivity contribution is 0.306. The van der Waals surface area contributed by atoms with Crippen molar-refractivity contribution in [3.63, 3.8) is 0 Å². The average molecular weight is 211 g/mol. The van der Waals surface area contributed by atoms with Gasteiger partial charge in [-0.2, -0.15) is 4.37 Å². The number of nitrogens with one attached hydrogen (secondary N) is 1. The lowest BCUT2D eigenvalue weighted by atomic mass is 9.79. The molecule has 1 aliphatic rings. The molecule has 0 saturated heterocycles. The van der Waals surface area contributed by atoms with Crippen molar-refractivity contribution in [2.75, 3.05) is 5.32 Å². The van der Waals surface area contributed by atoms with E-state index in [1.54, 1.807) is 0 Å². The van der Waals surface area contributed by atoms with Gasteiger partial charge in [-0.25, -0.2) is 4.98 Å². The lowest BCUT2D eigenvalue weighted by Gasteiger charge is -2.38. The minimum Gasteiger partial charge on any atom is -0.355 e. The Labute approximate surface area is 89.1 Å². The fourth-order valence-corrected chi connectivity index (χ4v) is 2.47. The maximum atomic E-state index is 4.47. The van der Waals surface area contributed by atoms with E-state index >= 15 is 0 Å². The fourth-order valence-electron chi connectivity index (χ4n) is 1.61. The highest BCUT2D eigenvalue weighted by Gasteiger charge is 2.32. The van der Waals surface area contributed by atoms with Gasteiger partial charge in [0, 0.05) is 23.0 Å². The zero-order valence-electron chi connectivity index (χ0n) is 9.00. The van der Waals surface area contributed by atoms with E-state index in [-0.39, 0.29) is 5.54 Å². The smallest absolute Gasteiger partial charge is 0.203 e. The van der Waals surface area contributed by atoms with Gasteiger partial charge in [-0.05, 0) is 26.2 Å². The Morgan fingerprint density at radius 3 is 2.57 bits per heavy atom. The van der Waals surface area contributed by atoms with Crippen LogP contribution in [0, 0.1) is 0 Å². The molecule has 0 unspecified atom stereocenters. The molecule has 1 fully saturated rings. The van der Waals surface area contributed by atoms with Crippen LogP contribution in [0.4, 0.5) is 5.13 Å². The van der Waals surface area contributed by atoms with Gasteiger partial charge in [0.15, 0.2) is 0 Å². The molecule has 0 radical (unpaired) electrons. The molecule has 4 heteroatoms. The number of hydrogen-bond acceptors (Lipinski definition) is 4. The van der Waals surface area contributed by atoms with Gasteiger partial charge in [-0.1, -0.05) is 13.8 Å². The molecule has 0 aliphatic heterocycles. The molecule has 78 valence electrons. The minimum absolute atomic E-state index is 0.285. The topological polar surface area (TPSA) is 37.8 Å². The third-order valence-electron chi connectivity index (χ3n) is 2.82. The van der Waals surface area contributed by atoms with Crippen molar-refractivity contribution in [1.29, 1.82) is 0 Å². The molecule has 0 atom stereocenters.